The minimum atomic E-state index is -1.06. The second-order valence-corrected chi connectivity index (χ2v) is 9.13. The molecule has 0 atom stereocenters. The highest BCUT2D eigenvalue weighted by Gasteiger charge is 2.47. The molecule has 1 fully saturated rings. The van der Waals surface area contributed by atoms with Crippen LogP contribution >= 0.6 is 11.6 Å². The topological polar surface area (TPSA) is 64.6 Å². The molecule has 5 nitrogen and oxygen atoms in total. The number of hydrogen-bond acceptors (Lipinski definition) is 4. The number of hydrogen-bond donors (Lipinski definition) is 1. The molecule has 0 aromatic heterocycles. The lowest BCUT2D eigenvalue weighted by Crippen LogP contribution is -2.59. The Bertz CT molecular complexity index is 1010. The molecule has 0 bridgehead atoms. The molecule has 0 saturated heterocycles. The molecule has 1 aliphatic carbocycles. The first-order valence-corrected chi connectivity index (χ1v) is 11.0. The zero-order chi connectivity index (χ0) is 23.5. The fourth-order valence-corrected chi connectivity index (χ4v) is 4.30. The molecule has 0 heterocycles. The summed E-state index contributed by atoms with van der Waals surface area (Å²) < 4.78 is 24.5. The molecule has 1 amide bonds. The Hall–Kier alpha value is -2.44. The highest BCUT2D eigenvalue weighted by Crippen LogP contribution is 2.37. The summed E-state index contributed by atoms with van der Waals surface area (Å²) in [5, 5.41) is 3.01. The van der Waals surface area contributed by atoms with Crippen LogP contribution in [0.25, 0.3) is 11.1 Å². The number of halogens is 2. The van der Waals surface area contributed by atoms with Gasteiger partial charge >= 0.3 is 5.97 Å². The number of methoxy groups -OCH3 is 2. The third kappa shape index (κ3) is 5.13. The highest BCUT2D eigenvalue weighted by molar-refractivity contribution is 6.30. The fraction of sp³-hybridized carbons (Fsp3) is 0.440. The molecule has 1 aliphatic rings. The van der Waals surface area contributed by atoms with E-state index in [1.54, 1.807) is 13.2 Å². The minimum Gasteiger partial charge on any atom is -0.467 e. The fourth-order valence-electron chi connectivity index (χ4n) is 4.19. The van der Waals surface area contributed by atoms with E-state index in [9.17, 15) is 14.0 Å². The zero-order valence-electron chi connectivity index (χ0n) is 18.9. The summed E-state index contributed by atoms with van der Waals surface area (Å²) in [5.41, 5.74) is 1.81. The lowest BCUT2D eigenvalue weighted by atomic mass is 9.74. The Morgan fingerprint density at radius 2 is 1.69 bits per heavy atom. The van der Waals surface area contributed by atoms with Gasteiger partial charge in [-0.2, -0.15) is 0 Å². The molecule has 0 aliphatic heterocycles. The van der Waals surface area contributed by atoms with Crippen LogP contribution in [-0.2, 0) is 25.5 Å². The van der Waals surface area contributed by atoms with Crippen LogP contribution in [0.1, 0.15) is 43.7 Å². The predicted molar refractivity (Wildman–Crippen MR) is 122 cm³/mol. The lowest BCUT2D eigenvalue weighted by Gasteiger charge is -2.42. The summed E-state index contributed by atoms with van der Waals surface area (Å²) in [6.07, 6.45) is 2.25. The van der Waals surface area contributed by atoms with E-state index in [4.69, 9.17) is 21.1 Å². The van der Waals surface area contributed by atoms with E-state index >= 15 is 0 Å². The van der Waals surface area contributed by atoms with Crippen molar-refractivity contribution in [2.75, 3.05) is 14.2 Å². The first-order valence-electron chi connectivity index (χ1n) is 10.6. The number of benzene rings is 2. The van der Waals surface area contributed by atoms with Crippen LogP contribution < -0.4 is 5.32 Å². The number of rotatable bonds is 6. The Kier molecular flexibility index (Phi) is 7.25. The SMILES string of the molecule is COC(=O)C1(NC(=O)Cc2cc(-c3ccc(Cl)c(F)c3)ccc2C)CCC(C)(OC)CC1. The van der Waals surface area contributed by atoms with E-state index < -0.39 is 17.3 Å². The van der Waals surface area contributed by atoms with E-state index in [0.717, 1.165) is 16.7 Å². The van der Waals surface area contributed by atoms with E-state index in [-0.39, 0.29) is 23.0 Å². The van der Waals surface area contributed by atoms with Crippen molar-refractivity contribution in [3.63, 3.8) is 0 Å². The van der Waals surface area contributed by atoms with Crippen molar-refractivity contribution in [3.05, 3.63) is 58.4 Å². The summed E-state index contributed by atoms with van der Waals surface area (Å²) in [4.78, 5) is 25.6. The van der Waals surface area contributed by atoms with Gasteiger partial charge in [0.1, 0.15) is 11.4 Å². The van der Waals surface area contributed by atoms with E-state index in [2.05, 4.69) is 5.32 Å². The van der Waals surface area contributed by atoms with Gasteiger partial charge in [0, 0.05) is 7.11 Å². The summed E-state index contributed by atoms with van der Waals surface area (Å²) >= 11 is 5.79. The van der Waals surface area contributed by atoms with Gasteiger partial charge in [0.25, 0.3) is 0 Å². The van der Waals surface area contributed by atoms with Crippen LogP contribution in [-0.4, -0.2) is 37.2 Å². The first-order chi connectivity index (χ1) is 15.1. The number of amides is 1. The van der Waals surface area contributed by atoms with E-state index in [1.165, 1.54) is 19.2 Å². The maximum Gasteiger partial charge on any atom is 0.331 e. The van der Waals surface area contributed by atoms with Gasteiger partial charge in [-0.1, -0.05) is 35.9 Å². The molecule has 2 aromatic rings. The van der Waals surface area contributed by atoms with Gasteiger partial charge in [-0.25, -0.2) is 9.18 Å². The number of esters is 1. The molecular formula is C25H29ClFNO4. The van der Waals surface area contributed by atoms with E-state index in [0.29, 0.717) is 31.2 Å². The molecule has 0 radical (unpaired) electrons. The molecule has 0 unspecified atom stereocenters. The van der Waals surface area contributed by atoms with Crippen LogP contribution in [0.5, 0.6) is 0 Å². The average Bonchev–Trinajstić information content (AvgIpc) is 2.78. The van der Waals surface area contributed by atoms with Gasteiger partial charge in [0.2, 0.25) is 5.91 Å². The van der Waals surface area contributed by atoms with Crippen molar-refractivity contribution in [2.45, 2.75) is 57.1 Å². The Balaban J connectivity index is 1.80. The van der Waals surface area contributed by atoms with Gasteiger partial charge in [-0.3, -0.25) is 4.79 Å². The van der Waals surface area contributed by atoms with E-state index in [1.807, 2.05) is 32.0 Å². The molecule has 1 saturated carbocycles. The minimum absolute atomic E-state index is 0.0608. The Labute approximate surface area is 193 Å². The van der Waals surface area contributed by atoms with Crippen LogP contribution in [0.3, 0.4) is 0 Å². The van der Waals surface area contributed by atoms with Gasteiger partial charge in [-0.05, 0) is 73.9 Å². The van der Waals surface area contributed by atoms with Crippen molar-refractivity contribution < 1.29 is 23.5 Å². The Morgan fingerprint density at radius 3 is 2.28 bits per heavy atom. The lowest BCUT2D eigenvalue weighted by molar-refractivity contribution is -0.155. The van der Waals surface area contributed by atoms with Crippen LogP contribution in [0, 0.1) is 12.7 Å². The third-order valence-electron chi connectivity index (χ3n) is 6.56. The second kappa shape index (κ2) is 9.59. The average molecular weight is 462 g/mol. The quantitative estimate of drug-likeness (QED) is 0.614. The maximum atomic E-state index is 13.9. The van der Waals surface area contributed by atoms with Gasteiger partial charge in [0.05, 0.1) is 24.2 Å². The smallest absolute Gasteiger partial charge is 0.331 e. The zero-order valence-corrected chi connectivity index (χ0v) is 19.6. The number of aryl methyl sites for hydroxylation is 1. The molecule has 3 rings (SSSR count). The maximum absolute atomic E-state index is 13.9. The summed E-state index contributed by atoms with van der Waals surface area (Å²) in [6, 6.07) is 10.3. The van der Waals surface area contributed by atoms with Crippen molar-refractivity contribution in [3.8, 4) is 11.1 Å². The molecule has 0 spiro atoms. The first kappa shape index (κ1) is 24.2. The number of carbonyl (C=O) groups excluding carboxylic acids is 2. The van der Waals surface area contributed by atoms with Crippen molar-refractivity contribution in [1.29, 1.82) is 0 Å². The van der Waals surface area contributed by atoms with Crippen molar-refractivity contribution in [1.82, 2.24) is 5.32 Å². The van der Waals surface area contributed by atoms with Crippen molar-refractivity contribution >= 4 is 23.5 Å². The van der Waals surface area contributed by atoms with Gasteiger partial charge in [0.15, 0.2) is 0 Å². The standard InChI is InChI=1S/C25H29ClFNO4/c1-16-5-6-17(18-7-8-20(26)21(27)14-18)13-19(16)15-22(29)28-25(23(30)31-3)11-9-24(2,32-4)10-12-25/h5-8,13-14H,9-12,15H2,1-4H3,(H,28,29). The molecule has 32 heavy (non-hydrogen) atoms. The summed E-state index contributed by atoms with van der Waals surface area (Å²) in [6.45, 7) is 3.92. The normalized spacial score (nSPS) is 22.9. The highest BCUT2D eigenvalue weighted by atomic mass is 35.5. The predicted octanol–water partition coefficient (Wildman–Crippen LogP) is 5.00. The number of nitrogens with one attached hydrogen (secondary N) is 1. The molecule has 172 valence electrons. The third-order valence-corrected chi connectivity index (χ3v) is 6.87. The monoisotopic (exact) mass is 461 g/mol. The number of ether oxygens (including phenoxy) is 2. The van der Waals surface area contributed by atoms with Gasteiger partial charge < -0.3 is 14.8 Å². The largest absolute Gasteiger partial charge is 0.467 e. The van der Waals surface area contributed by atoms with Crippen LogP contribution in [0.2, 0.25) is 5.02 Å². The van der Waals surface area contributed by atoms with Crippen LogP contribution in [0.4, 0.5) is 4.39 Å². The van der Waals surface area contributed by atoms with Crippen LogP contribution in [0.15, 0.2) is 36.4 Å². The molecule has 2 aromatic carbocycles. The molecule has 1 N–H and O–H groups in total. The Morgan fingerprint density at radius 1 is 1.06 bits per heavy atom. The second-order valence-electron chi connectivity index (χ2n) is 8.72. The summed E-state index contributed by atoms with van der Waals surface area (Å²) in [5.74, 6) is -1.20. The molecule has 7 heteroatoms. The van der Waals surface area contributed by atoms with Crippen molar-refractivity contribution in [2.24, 2.45) is 0 Å². The summed E-state index contributed by atoms with van der Waals surface area (Å²) in [7, 11) is 2.99. The molecular weight excluding hydrogens is 433 g/mol. The number of carbonyl (C=O) groups is 2. The van der Waals surface area contributed by atoms with Gasteiger partial charge in [-0.15, -0.1) is 0 Å².